The Morgan fingerprint density at radius 1 is 1.19 bits per heavy atom. The summed E-state index contributed by atoms with van der Waals surface area (Å²) in [5.74, 6) is 1.17. The van der Waals surface area contributed by atoms with Gasteiger partial charge in [-0.25, -0.2) is 0 Å². The fraction of sp³-hybridized carbons (Fsp3) is 0.786. The lowest BCUT2D eigenvalue weighted by atomic mass is 10.1. The Morgan fingerprint density at radius 3 is 2.43 bits per heavy atom. The van der Waals surface area contributed by atoms with Crippen LogP contribution in [0.3, 0.4) is 0 Å². The molecule has 2 heterocycles. The number of rotatable bonds is 5. The molecular weight excluding hydrogens is 290 g/mol. The minimum Gasteiger partial charge on any atom is -0.389 e. The van der Waals surface area contributed by atoms with Gasteiger partial charge in [-0.3, -0.25) is 0 Å². The van der Waals surface area contributed by atoms with E-state index in [9.17, 15) is 5.11 Å². The number of likely N-dealkylation sites (N-methyl/N-ethyl adjacent to an activating group) is 1. The van der Waals surface area contributed by atoms with E-state index in [1.54, 1.807) is 13.8 Å². The summed E-state index contributed by atoms with van der Waals surface area (Å²) in [5.41, 5.74) is -0.819. The van der Waals surface area contributed by atoms with Crippen LogP contribution in [0.4, 0.5) is 11.9 Å². The average Bonchev–Trinajstić information content (AvgIpc) is 2.44. The molecule has 1 aromatic heterocycles. The quantitative estimate of drug-likeness (QED) is 0.898. The van der Waals surface area contributed by atoms with Crippen molar-refractivity contribution in [2.45, 2.75) is 45.6 Å². The molecule has 0 saturated carbocycles. The Kier molecular flexibility index (Phi) is 5.22. The van der Waals surface area contributed by atoms with Crippen LogP contribution in [0.15, 0.2) is 0 Å². The molecule has 118 valence electrons. The predicted molar refractivity (Wildman–Crippen MR) is 85.1 cm³/mol. The van der Waals surface area contributed by atoms with E-state index in [1.165, 1.54) is 6.42 Å². The molecule has 1 aliphatic rings. The third kappa shape index (κ3) is 4.68. The number of hydrogen-bond donors (Lipinski definition) is 1. The van der Waals surface area contributed by atoms with Crippen molar-refractivity contribution in [2.24, 2.45) is 0 Å². The first-order chi connectivity index (χ1) is 9.89. The van der Waals surface area contributed by atoms with Crippen LogP contribution in [0.1, 0.15) is 40.0 Å². The first-order valence-electron chi connectivity index (χ1n) is 7.53. The maximum atomic E-state index is 10.0. The summed E-state index contributed by atoms with van der Waals surface area (Å²) in [5, 5.41) is 10.2. The monoisotopic (exact) mass is 313 g/mol. The minimum atomic E-state index is -0.819. The maximum absolute atomic E-state index is 10.0. The molecular formula is C14H24ClN5O. The SMILES string of the molecule is CCN(CC(C)(C)O)c1nc(Cl)nc(N2CCCCC2)n1. The van der Waals surface area contributed by atoms with Crippen molar-refractivity contribution < 1.29 is 5.11 Å². The topological polar surface area (TPSA) is 65.4 Å². The van der Waals surface area contributed by atoms with Crippen molar-refractivity contribution in [2.75, 3.05) is 36.0 Å². The molecule has 0 aliphatic carbocycles. The molecule has 1 saturated heterocycles. The molecule has 1 fully saturated rings. The number of nitrogens with zero attached hydrogens (tertiary/aromatic N) is 5. The van der Waals surface area contributed by atoms with E-state index in [0.29, 0.717) is 25.0 Å². The number of aromatic nitrogens is 3. The molecule has 0 atom stereocenters. The third-order valence-electron chi connectivity index (χ3n) is 3.47. The smallest absolute Gasteiger partial charge is 0.231 e. The van der Waals surface area contributed by atoms with E-state index >= 15 is 0 Å². The van der Waals surface area contributed by atoms with Gasteiger partial charge in [0.25, 0.3) is 0 Å². The van der Waals surface area contributed by atoms with E-state index in [2.05, 4.69) is 19.9 Å². The van der Waals surface area contributed by atoms with Crippen molar-refractivity contribution in [3.63, 3.8) is 0 Å². The lowest BCUT2D eigenvalue weighted by Crippen LogP contribution is -2.40. The van der Waals surface area contributed by atoms with Gasteiger partial charge in [-0.05, 0) is 51.6 Å². The first kappa shape index (κ1) is 16.2. The van der Waals surface area contributed by atoms with Crippen LogP contribution >= 0.6 is 11.6 Å². The highest BCUT2D eigenvalue weighted by atomic mass is 35.5. The molecule has 1 aromatic rings. The number of hydrogen-bond acceptors (Lipinski definition) is 6. The van der Waals surface area contributed by atoms with Gasteiger partial charge >= 0.3 is 0 Å². The average molecular weight is 314 g/mol. The Hall–Kier alpha value is -1.14. The lowest BCUT2D eigenvalue weighted by molar-refractivity contribution is 0.0872. The number of halogens is 1. The van der Waals surface area contributed by atoms with Crippen LogP contribution < -0.4 is 9.80 Å². The van der Waals surface area contributed by atoms with Crippen molar-refractivity contribution in [3.05, 3.63) is 5.28 Å². The molecule has 0 aromatic carbocycles. The Balaban J connectivity index is 2.24. The van der Waals surface area contributed by atoms with Gasteiger partial charge in [-0.1, -0.05) is 0 Å². The van der Waals surface area contributed by atoms with E-state index < -0.39 is 5.60 Å². The van der Waals surface area contributed by atoms with Crippen LogP contribution in [-0.4, -0.2) is 51.8 Å². The number of aliphatic hydroxyl groups is 1. The molecule has 0 bridgehead atoms. The summed E-state index contributed by atoms with van der Waals surface area (Å²) in [7, 11) is 0. The first-order valence-corrected chi connectivity index (χ1v) is 7.90. The fourth-order valence-electron chi connectivity index (χ4n) is 2.50. The predicted octanol–water partition coefficient (Wildman–Crippen LogP) is 2.11. The largest absolute Gasteiger partial charge is 0.389 e. The summed E-state index contributed by atoms with van der Waals surface area (Å²) in [6.45, 7) is 8.60. The van der Waals surface area contributed by atoms with Crippen molar-refractivity contribution in [3.8, 4) is 0 Å². The minimum absolute atomic E-state index is 0.203. The van der Waals surface area contributed by atoms with Gasteiger partial charge in [0, 0.05) is 26.2 Å². The molecule has 1 N–H and O–H groups in total. The van der Waals surface area contributed by atoms with Crippen LogP contribution in [0, 0.1) is 0 Å². The van der Waals surface area contributed by atoms with E-state index in [4.69, 9.17) is 11.6 Å². The van der Waals surface area contributed by atoms with Gasteiger partial charge < -0.3 is 14.9 Å². The van der Waals surface area contributed by atoms with Crippen LogP contribution in [0.25, 0.3) is 0 Å². The molecule has 1 aliphatic heterocycles. The summed E-state index contributed by atoms with van der Waals surface area (Å²) < 4.78 is 0. The second-order valence-corrected chi connectivity index (χ2v) is 6.42. The second kappa shape index (κ2) is 6.75. The molecule has 21 heavy (non-hydrogen) atoms. The molecule has 6 nitrogen and oxygen atoms in total. The highest BCUT2D eigenvalue weighted by molar-refractivity contribution is 6.28. The van der Waals surface area contributed by atoms with Gasteiger partial charge in [0.05, 0.1) is 5.60 Å². The summed E-state index contributed by atoms with van der Waals surface area (Å²) in [4.78, 5) is 17.1. The Morgan fingerprint density at radius 2 is 1.86 bits per heavy atom. The zero-order chi connectivity index (χ0) is 15.5. The van der Waals surface area contributed by atoms with Gasteiger partial charge in [0.1, 0.15) is 0 Å². The molecule has 0 amide bonds. The van der Waals surface area contributed by atoms with Crippen LogP contribution in [-0.2, 0) is 0 Å². The summed E-state index contributed by atoms with van der Waals surface area (Å²) in [6.07, 6.45) is 3.56. The summed E-state index contributed by atoms with van der Waals surface area (Å²) in [6, 6.07) is 0. The zero-order valence-corrected chi connectivity index (χ0v) is 13.8. The van der Waals surface area contributed by atoms with Gasteiger partial charge in [-0.15, -0.1) is 0 Å². The van der Waals surface area contributed by atoms with Crippen molar-refractivity contribution in [1.29, 1.82) is 0 Å². The van der Waals surface area contributed by atoms with Gasteiger partial charge in [0.15, 0.2) is 0 Å². The van der Waals surface area contributed by atoms with Crippen LogP contribution in [0.5, 0.6) is 0 Å². The number of piperidine rings is 1. The highest BCUT2D eigenvalue weighted by Gasteiger charge is 2.22. The van der Waals surface area contributed by atoms with E-state index in [-0.39, 0.29) is 5.28 Å². The third-order valence-corrected chi connectivity index (χ3v) is 3.63. The highest BCUT2D eigenvalue weighted by Crippen LogP contribution is 2.21. The molecule has 7 heteroatoms. The molecule has 2 rings (SSSR count). The Bertz CT molecular complexity index is 471. The van der Waals surface area contributed by atoms with Crippen molar-refractivity contribution in [1.82, 2.24) is 15.0 Å². The Labute approximate surface area is 131 Å². The standard InChI is InChI=1S/C14H24ClN5O/c1-4-19(10-14(2,3)21)12-16-11(15)17-13(18-12)20-8-6-5-7-9-20/h21H,4-10H2,1-3H3. The maximum Gasteiger partial charge on any atom is 0.231 e. The normalized spacial score (nSPS) is 16.1. The van der Waals surface area contributed by atoms with Gasteiger partial charge in [0.2, 0.25) is 17.2 Å². The molecule has 0 spiro atoms. The second-order valence-electron chi connectivity index (χ2n) is 6.08. The number of anilines is 2. The molecule has 0 radical (unpaired) electrons. The van der Waals surface area contributed by atoms with E-state index in [0.717, 1.165) is 25.9 Å². The fourth-order valence-corrected chi connectivity index (χ4v) is 2.65. The van der Waals surface area contributed by atoms with Gasteiger partial charge in [-0.2, -0.15) is 15.0 Å². The summed E-state index contributed by atoms with van der Waals surface area (Å²) >= 11 is 6.06. The van der Waals surface area contributed by atoms with Crippen molar-refractivity contribution >= 4 is 23.5 Å². The van der Waals surface area contributed by atoms with Crippen LogP contribution in [0.2, 0.25) is 5.28 Å². The lowest BCUT2D eigenvalue weighted by Gasteiger charge is -2.30. The molecule has 0 unspecified atom stereocenters. The van der Waals surface area contributed by atoms with E-state index in [1.807, 2.05) is 11.8 Å². The zero-order valence-electron chi connectivity index (χ0n) is 13.0.